The van der Waals surface area contributed by atoms with Gasteiger partial charge in [-0.05, 0) is 6.92 Å². The van der Waals surface area contributed by atoms with Gasteiger partial charge >= 0.3 is 0 Å². The van der Waals surface area contributed by atoms with Crippen LogP contribution in [0.1, 0.15) is 30.6 Å². The fraction of sp³-hybridized carbons (Fsp3) is 0.611. The van der Waals surface area contributed by atoms with Gasteiger partial charge in [-0.15, -0.1) is 0 Å². The summed E-state index contributed by atoms with van der Waals surface area (Å²) in [5.74, 6) is 2.27. The zero-order valence-electron chi connectivity index (χ0n) is 15.1. The summed E-state index contributed by atoms with van der Waals surface area (Å²) in [6.07, 6.45) is 5.85. The van der Waals surface area contributed by atoms with Crippen LogP contribution in [0.3, 0.4) is 0 Å². The summed E-state index contributed by atoms with van der Waals surface area (Å²) in [6, 6.07) is 1.95. The standard InChI is InChI=1S/C18H26N4O3/c1-4-17-19-6-8-21(17)7-5-18(23)22-11-14(16(12-22)24-3)10-15-9-13(2)20-25-15/h6,8-9,14,16H,4-5,7,10-12H2,1-3H3/t14-,16+/m1/s1. The number of aromatic nitrogens is 3. The van der Waals surface area contributed by atoms with Crippen LogP contribution in [0.15, 0.2) is 23.0 Å². The number of carbonyl (C=O) groups is 1. The molecule has 136 valence electrons. The quantitative estimate of drug-likeness (QED) is 0.765. The first-order chi connectivity index (χ1) is 12.1. The van der Waals surface area contributed by atoms with Crippen LogP contribution >= 0.6 is 0 Å². The minimum atomic E-state index is 0.0359. The van der Waals surface area contributed by atoms with E-state index in [2.05, 4.69) is 21.6 Å². The highest BCUT2D eigenvalue weighted by molar-refractivity contribution is 5.76. The van der Waals surface area contributed by atoms with E-state index in [0.717, 1.165) is 30.1 Å². The van der Waals surface area contributed by atoms with E-state index in [1.54, 1.807) is 13.3 Å². The molecular formula is C18H26N4O3. The number of aryl methyl sites for hydroxylation is 3. The van der Waals surface area contributed by atoms with E-state index < -0.39 is 0 Å². The second kappa shape index (κ2) is 7.82. The first kappa shape index (κ1) is 17.7. The molecule has 0 unspecified atom stereocenters. The summed E-state index contributed by atoms with van der Waals surface area (Å²) >= 11 is 0. The first-order valence-electron chi connectivity index (χ1n) is 8.83. The number of likely N-dealkylation sites (tertiary alicyclic amines) is 1. The van der Waals surface area contributed by atoms with Gasteiger partial charge < -0.3 is 18.7 Å². The molecule has 3 rings (SSSR count). The molecule has 1 aliphatic rings. The van der Waals surface area contributed by atoms with E-state index in [4.69, 9.17) is 9.26 Å². The number of amides is 1. The van der Waals surface area contributed by atoms with Gasteiger partial charge in [-0.1, -0.05) is 12.1 Å². The lowest BCUT2D eigenvalue weighted by Gasteiger charge is -2.16. The average Bonchev–Trinajstić information content (AvgIpc) is 3.32. The number of hydrogen-bond donors (Lipinski definition) is 0. The molecule has 1 saturated heterocycles. The van der Waals surface area contributed by atoms with Gasteiger partial charge in [0.1, 0.15) is 11.6 Å². The lowest BCUT2D eigenvalue weighted by atomic mass is 10.0. The molecular weight excluding hydrogens is 320 g/mol. The van der Waals surface area contributed by atoms with Crippen molar-refractivity contribution >= 4 is 5.91 Å². The molecule has 1 fully saturated rings. The average molecular weight is 346 g/mol. The molecule has 0 spiro atoms. The van der Waals surface area contributed by atoms with Crippen LogP contribution in [0.4, 0.5) is 0 Å². The van der Waals surface area contributed by atoms with Crippen molar-refractivity contribution < 1.29 is 14.1 Å². The molecule has 0 bridgehead atoms. The maximum atomic E-state index is 12.6. The zero-order valence-corrected chi connectivity index (χ0v) is 15.1. The van der Waals surface area contributed by atoms with Gasteiger partial charge in [-0.25, -0.2) is 4.98 Å². The summed E-state index contributed by atoms with van der Waals surface area (Å²) in [6.45, 7) is 5.98. The van der Waals surface area contributed by atoms with Crippen LogP contribution in [0.5, 0.6) is 0 Å². The first-order valence-corrected chi connectivity index (χ1v) is 8.83. The van der Waals surface area contributed by atoms with Gasteiger partial charge in [0.15, 0.2) is 0 Å². The fourth-order valence-electron chi connectivity index (χ4n) is 3.51. The highest BCUT2D eigenvalue weighted by atomic mass is 16.5. The molecule has 7 nitrogen and oxygen atoms in total. The van der Waals surface area contributed by atoms with Crippen molar-refractivity contribution in [1.29, 1.82) is 0 Å². The number of nitrogens with zero attached hydrogens (tertiary/aromatic N) is 4. The molecule has 25 heavy (non-hydrogen) atoms. The smallest absolute Gasteiger partial charge is 0.224 e. The summed E-state index contributed by atoms with van der Waals surface area (Å²) in [7, 11) is 1.70. The van der Waals surface area contributed by atoms with Crippen LogP contribution in [0.25, 0.3) is 0 Å². The van der Waals surface area contributed by atoms with Gasteiger partial charge in [-0.3, -0.25) is 4.79 Å². The van der Waals surface area contributed by atoms with E-state index >= 15 is 0 Å². The van der Waals surface area contributed by atoms with Crippen molar-refractivity contribution in [3.8, 4) is 0 Å². The Kier molecular flexibility index (Phi) is 5.53. The number of imidazole rings is 1. The highest BCUT2D eigenvalue weighted by Crippen LogP contribution is 2.24. The summed E-state index contributed by atoms with van der Waals surface area (Å²) in [5, 5.41) is 3.93. The molecule has 3 heterocycles. The third-order valence-electron chi connectivity index (χ3n) is 4.86. The Morgan fingerprint density at radius 1 is 1.44 bits per heavy atom. The topological polar surface area (TPSA) is 73.4 Å². The third kappa shape index (κ3) is 4.10. The van der Waals surface area contributed by atoms with Crippen LogP contribution < -0.4 is 0 Å². The molecule has 1 amide bonds. The van der Waals surface area contributed by atoms with Gasteiger partial charge in [0.2, 0.25) is 5.91 Å². The van der Waals surface area contributed by atoms with Crippen molar-refractivity contribution in [2.45, 2.75) is 45.8 Å². The van der Waals surface area contributed by atoms with Crippen molar-refractivity contribution in [3.63, 3.8) is 0 Å². The van der Waals surface area contributed by atoms with Gasteiger partial charge in [-0.2, -0.15) is 0 Å². The van der Waals surface area contributed by atoms with Crippen molar-refractivity contribution in [2.75, 3.05) is 20.2 Å². The molecule has 0 saturated carbocycles. The Morgan fingerprint density at radius 3 is 2.96 bits per heavy atom. The molecule has 2 atom stereocenters. The van der Waals surface area contributed by atoms with E-state index in [9.17, 15) is 4.79 Å². The van der Waals surface area contributed by atoms with Crippen LogP contribution in [-0.4, -0.2) is 51.8 Å². The second-order valence-corrected chi connectivity index (χ2v) is 6.61. The third-order valence-corrected chi connectivity index (χ3v) is 4.86. The predicted molar refractivity (Wildman–Crippen MR) is 92.0 cm³/mol. The number of carbonyl (C=O) groups excluding carboxylic acids is 1. The van der Waals surface area contributed by atoms with Gasteiger partial charge in [0.05, 0.1) is 11.8 Å². The second-order valence-electron chi connectivity index (χ2n) is 6.61. The Bertz CT molecular complexity index is 709. The minimum Gasteiger partial charge on any atom is -0.379 e. The van der Waals surface area contributed by atoms with Crippen molar-refractivity contribution in [1.82, 2.24) is 19.6 Å². The molecule has 7 heteroatoms. The van der Waals surface area contributed by atoms with E-state index in [-0.39, 0.29) is 17.9 Å². The van der Waals surface area contributed by atoms with Gasteiger partial charge in [0.25, 0.3) is 0 Å². The summed E-state index contributed by atoms with van der Waals surface area (Å²) in [5.41, 5.74) is 0.877. The molecule has 0 N–H and O–H groups in total. The summed E-state index contributed by atoms with van der Waals surface area (Å²) < 4.78 is 13.0. The number of ether oxygens (including phenoxy) is 1. The predicted octanol–water partition coefficient (Wildman–Crippen LogP) is 1.85. The van der Waals surface area contributed by atoms with Crippen molar-refractivity contribution in [3.05, 3.63) is 35.7 Å². The monoisotopic (exact) mass is 346 g/mol. The molecule has 2 aromatic heterocycles. The Labute approximate surface area is 148 Å². The largest absolute Gasteiger partial charge is 0.379 e. The fourth-order valence-corrected chi connectivity index (χ4v) is 3.51. The number of hydrogen-bond acceptors (Lipinski definition) is 5. The zero-order chi connectivity index (χ0) is 17.8. The Balaban J connectivity index is 1.56. The maximum Gasteiger partial charge on any atom is 0.224 e. The minimum absolute atomic E-state index is 0.0359. The molecule has 0 radical (unpaired) electrons. The molecule has 0 aliphatic carbocycles. The van der Waals surface area contributed by atoms with Crippen LogP contribution in [0, 0.1) is 12.8 Å². The molecule has 1 aliphatic heterocycles. The van der Waals surface area contributed by atoms with Gasteiger partial charge in [0, 0.05) is 70.4 Å². The SMILES string of the molecule is CCc1nccn1CCC(=O)N1C[C@@H](Cc2cc(C)no2)[C@@H](OC)C1. The number of rotatable bonds is 7. The highest BCUT2D eigenvalue weighted by Gasteiger charge is 2.35. The Hall–Kier alpha value is -2.15. The lowest BCUT2D eigenvalue weighted by molar-refractivity contribution is -0.130. The Morgan fingerprint density at radius 2 is 2.28 bits per heavy atom. The van der Waals surface area contributed by atoms with Crippen molar-refractivity contribution in [2.24, 2.45) is 5.92 Å². The van der Waals surface area contributed by atoms with E-state index in [0.29, 0.717) is 26.1 Å². The maximum absolute atomic E-state index is 12.6. The number of methoxy groups -OCH3 is 1. The normalized spacial score (nSPS) is 20.4. The van der Waals surface area contributed by atoms with Crippen LogP contribution in [-0.2, 0) is 28.9 Å². The van der Waals surface area contributed by atoms with E-state index in [1.807, 2.05) is 24.1 Å². The van der Waals surface area contributed by atoms with Crippen LogP contribution in [0.2, 0.25) is 0 Å². The molecule has 0 aromatic carbocycles. The summed E-state index contributed by atoms with van der Waals surface area (Å²) in [4.78, 5) is 18.8. The molecule has 2 aromatic rings. The van der Waals surface area contributed by atoms with E-state index in [1.165, 1.54) is 0 Å². The lowest BCUT2D eigenvalue weighted by Crippen LogP contribution is -2.30.